The smallest absolute Gasteiger partial charge is 0.238 e. The zero-order valence-corrected chi connectivity index (χ0v) is 12.9. The molecule has 1 aliphatic heterocycles. The zero-order valence-electron chi connectivity index (χ0n) is 12.0. The lowest BCUT2D eigenvalue weighted by Gasteiger charge is -2.35. The molecule has 0 amide bonds. The molecule has 0 radical (unpaired) electrons. The molecule has 0 unspecified atom stereocenters. The summed E-state index contributed by atoms with van der Waals surface area (Å²) in [5.41, 5.74) is 0.819. The Morgan fingerprint density at radius 3 is 2.50 bits per heavy atom. The van der Waals surface area contributed by atoms with E-state index in [4.69, 9.17) is 5.14 Å². The van der Waals surface area contributed by atoms with Crippen molar-refractivity contribution in [3.05, 3.63) is 24.3 Å². The molecule has 5 nitrogen and oxygen atoms in total. The van der Waals surface area contributed by atoms with E-state index in [1.54, 1.807) is 12.1 Å². The van der Waals surface area contributed by atoms with E-state index in [1.165, 1.54) is 6.07 Å². The molecule has 0 saturated carbocycles. The number of nitrogens with two attached hydrogens (primary N) is 1. The molecule has 0 spiro atoms. The Kier molecular flexibility index (Phi) is 4.67. The largest absolute Gasteiger partial charge is 0.382 e. The Labute approximate surface area is 121 Å². The monoisotopic (exact) mass is 297 g/mol. The average Bonchev–Trinajstić information content (AvgIpc) is 2.38. The van der Waals surface area contributed by atoms with Crippen molar-refractivity contribution in [1.29, 1.82) is 0 Å². The van der Waals surface area contributed by atoms with Crippen molar-refractivity contribution < 1.29 is 8.42 Å². The molecule has 0 bridgehead atoms. The predicted molar refractivity (Wildman–Crippen MR) is 81.2 cm³/mol. The zero-order chi connectivity index (χ0) is 14.8. The highest BCUT2D eigenvalue weighted by atomic mass is 32.2. The first kappa shape index (κ1) is 15.3. The third-order valence-corrected chi connectivity index (χ3v) is 4.70. The molecule has 1 aliphatic rings. The normalized spacial score (nSPS) is 18.4. The van der Waals surface area contributed by atoms with Crippen molar-refractivity contribution in [1.82, 2.24) is 4.90 Å². The fourth-order valence-electron chi connectivity index (χ4n) is 2.56. The van der Waals surface area contributed by atoms with Crippen LogP contribution in [0.2, 0.25) is 0 Å². The Hall–Kier alpha value is -1.11. The van der Waals surface area contributed by atoms with Crippen LogP contribution in [-0.4, -0.2) is 38.5 Å². The molecule has 112 valence electrons. The number of anilines is 1. The van der Waals surface area contributed by atoms with E-state index in [2.05, 4.69) is 24.1 Å². The van der Waals surface area contributed by atoms with E-state index in [-0.39, 0.29) is 4.90 Å². The van der Waals surface area contributed by atoms with E-state index >= 15 is 0 Å². The van der Waals surface area contributed by atoms with E-state index in [0.717, 1.165) is 31.6 Å². The number of sulfonamides is 1. The molecule has 1 aromatic rings. The molecule has 1 heterocycles. The van der Waals surface area contributed by atoms with Crippen LogP contribution in [0.4, 0.5) is 5.69 Å². The Morgan fingerprint density at radius 1 is 1.30 bits per heavy atom. The van der Waals surface area contributed by atoms with Gasteiger partial charge in [0.15, 0.2) is 0 Å². The summed E-state index contributed by atoms with van der Waals surface area (Å²) in [4.78, 5) is 2.61. The van der Waals surface area contributed by atoms with Crippen molar-refractivity contribution in [2.24, 2.45) is 5.14 Å². The first-order valence-corrected chi connectivity index (χ1v) is 8.54. The summed E-state index contributed by atoms with van der Waals surface area (Å²) in [6.07, 6.45) is 2.13. The maximum absolute atomic E-state index is 11.3. The summed E-state index contributed by atoms with van der Waals surface area (Å²) >= 11 is 0. The van der Waals surface area contributed by atoms with Crippen LogP contribution in [-0.2, 0) is 10.0 Å². The molecule has 20 heavy (non-hydrogen) atoms. The first-order chi connectivity index (χ1) is 9.36. The van der Waals surface area contributed by atoms with Crippen LogP contribution >= 0.6 is 0 Å². The number of likely N-dealkylation sites (tertiary alicyclic amines) is 1. The lowest BCUT2D eigenvalue weighted by atomic mass is 10.0. The first-order valence-electron chi connectivity index (χ1n) is 7.00. The number of hydrogen-bond acceptors (Lipinski definition) is 4. The van der Waals surface area contributed by atoms with Gasteiger partial charge in [0.1, 0.15) is 0 Å². The summed E-state index contributed by atoms with van der Waals surface area (Å²) in [5, 5.41) is 8.55. The molecular formula is C14H23N3O2S. The van der Waals surface area contributed by atoms with Crippen molar-refractivity contribution in [2.45, 2.75) is 43.7 Å². The minimum absolute atomic E-state index is 0.155. The summed E-state index contributed by atoms with van der Waals surface area (Å²) in [5.74, 6) is 0. The molecule has 3 N–H and O–H groups in total. The van der Waals surface area contributed by atoms with Crippen LogP contribution < -0.4 is 10.5 Å². The van der Waals surface area contributed by atoms with Gasteiger partial charge in [-0.15, -0.1) is 0 Å². The van der Waals surface area contributed by atoms with Crippen LogP contribution in [0.5, 0.6) is 0 Å². The number of rotatable bonds is 4. The highest BCUT2D eigenvalue weighted by Crippen LogP contribution is 2.20. The number of hydrogen-bond donors (Lipinski definition) is 2. The number of nitrogens with zero attached hydrogens (tertiary/aromatic N) is 1. The molecule has 1 saturated heterocycles. The quantitative estimate of drug-likeness (QED) is 0.885. The van der Waals surface area contributed by atoms with Crippen molar-refractivity contribution in [3.8, 4) is 0 Å². The Balaban J connectivity index is 1.98. The summed E-state index contributed by atoms with van der Waals surface area (Å²) in [6, 6.07) is 7.68. The van der Waals surface area contributed by atoms with Crippen LogP contribution in [0.25, 0.3) is 0 Å². The Morgan fingerprint density at radius 2 is 1.95 bits per heavy atom. The highest BCUT2D eigenvalue weighted by Gasteiger charge is 2.20. The van der Waals surface area contributed by atoms with Crippen molar-refractivity contribution in [2.75, 3.05) is 18.4 Å². The second kappa shape index (κ2) is 6.11. The molecule has 1 aromatic carbocycles. The number of benzene rings is 1. The van der Waals surface area contributed by atoms with Gasteiger partial charge in [-0.1, -0.05) is 6.07 Å². The van der Waals surface area contributed by atoms with Gasteiger partial charge in [-0.2, -0.15) is 0 Å². The van der Waals surface area contributed by atoms with Gasteiger partial charge in [-0.25, -0.2) is 13.6 Å². The van der Waals surface area contributed by atoms with Crippen LogP contribution in [0.3, 0.4) is 0 Å². The van der Waals surface area contributed by atoms with Gasteiger partial charge >= 0.3 is 0 Å². The fraction of sp³-hybridized carbons (Fsp3) is 0.571. The van der Waals surface area contributed by atoms with Gasteiger partial charge in [0, 0.05) is 30.9 Å². The fourth-order valence-corrected chi connectivity index (χ4v) is 3.12. The summed E-state index contributed by atoms with van der Waals surface area (Å²) < 4.78 is 22.7. The minimum atomic E-state index is -3.63. The van der Waals surface area contributed by atoms with E-state index in [9.17, 15) is 8.42 Å². The van der Waals surface area contributed by atoms with E-state index in [0.29, 0.717) is 12.1 Å². The van der Waals surface area contributed by atoms with Crippen molar-refractivity contribution in [3.63, 3.8) is 0 Å². The van der Waals surface area contributed by atoms with Crippen LogP contribution in [0.15, 0.2) is 29.2 Å². The molecule has 0 aliphatic carbocycles. The molecule has 1 fully saturated rings. The van der Waals surface area contributed by atoms with Gasteiger partial charge < -0.3 is 10.2 Å². The van der Waals surface area contributed by atoms with Gasteiger partial charge in [-0.05, 0) is 44.9 Å². The van der Waals surface area contributed by atoms with Gasteiger partial charge in [0.25, 0.3) is 0 Å². The lowest BCUT2D eigenvalue weighted by Crippen LogP contribution is -2.42. The minimum Gasteiger partial charge on any atom is -0.382 e. The highest BCUT2D eigenvalue weighted by molar-refractivity contribution is 7.89. The number of piperidine rings is 1. The van der Waals surface area contributed by atoms with Crippen molar-refractivity contribution >= 4 is 15.7 Å². The number of primary sulfonamides is 1. The Bertz CT molecular complexity index is 549. The molecule has 6 heteroatoms. The molecule has 0 atom stereocenters. The third-order valence-electron chi connectivity index (χ3n) is 3.79. The molecule has 0 aromatic heterocycles. The van der Waals surface area contributed by atoms with Gasteiger partial charge in [-0.3, -0.25) is 0 Å². The van der Waals surface area contributed by atoms with Gasteiger partial charge in [0.05, 0.1) is 4.90 Å². The van der Waals surface area contributed by atoms with Gasteiger partial charge in [0.2, 0.25) is 10.0 Å². The lowest BCUT2D eigenvalue weighted by molar-refractivity contribution is 0.177. The summed E-state index contributed by atoms with van der Waals surface area (Å²) in [6.45, 7) is 6.57. The second-order valence-corrected chi connectivity index (χ2v) is 7.18. The third kappa shape index (κ3) is 3.94. The SMILES string of the molecule is CC(C)N1CCC(Nc2cccc(S(N)(=O)=O)c2)CC1. The predicted octanol–water partition coefficient (Wildman–Crippen LogP) is 1.62. The topological polar surface area (TPSA) is 75.4 Å². The maximum atomic E-state index is 11.3. The molecular weight excluding hydrogens is 274 g/mol. The van der Waals surface area contributed by atoms with E-state index in [1.807, 2.05) is 6.07 Å². The van der Waals surface area contributed by atoms with Crippen LogP contribution in [0.1, 0.15) is 26.7 Å². The molecule has 2 rings (SSSR count). The summed E-state index contributed by atoms with van der Waals surface area (Å²) in [7, 11) is -3.63. The second-order valence-electron chi connectivity index (χ2n) is 5.62. The van der Waals surface area contributed by atoms with E-state index < -0.39 is 10.0 Å². The average molecular weight is 297 g/mol. The maximum Gasteiger partial charge on any atom is 0.238 e. The standard InChI is InChI=1S/C14H23N3O2S/c1-11(2)17-8-6-12(7-9-17)16-13-4-3-5-14(10-13)20(15,18)19/h3-5,10-12,16H,6-9H2,1-2H3,(H2,15,18,19). The number of nitrogens with one attached hydrogen (secondary N) is 1. The van der Waals surface area contributed by atoms with Crippen LogP contribution in [0, 0.1) is 0 Å².